The number of benzene rings is 1. The molecule has 0 bridgehead atoms. The Kier molecular flexibility index (Phi) is 3.16. The van der Waals surface area contributed by atoms with Crippen LogP contribution in [0.1, 0.15) is 24.8 Å². The third-order valence-electron chi connectivity index (χ3n) is 5.71. The van der Waals surface area contributed by atoms with Crippen molar-refractivity contribution in [3.8, 4) is 0 Å². The first kappa shape index (κ1) is 14.3. The molecule has 1 nitrogen and oxygen atoms in total. The number of rotatable bonds is 2. The third kappa shape index (κ3) is 2.04. The Bertz CT molecular complexity index is 652. The molecule has 1 saturated carbocycles. The van der Waals surface area contributed by atoms with Gasteiger partial charge in [-0.15, -0.1) is 0 Å². The van der Waals surface area contributed by atoms with Gasteiger partial charge in [-0.25, -0.2) is 0 Å². The molecule has 2 aliphatic carbocycles. The van der Waals surface area contributed by atoms with Gasteiger partial charge in [0.1, 0.15) is 0 Å². The standard InChI is InChI=1S/C20H27NSi/c1-14-15-9-5-6-10-16(15)20-19(14)17-11-7-8-12-18(17)21(20)13-22(2,3)4/h5-8,10-12,14-15,19-20H,9,13H2,1-4H3. The van der Waals surface area contributed by atoms with Crippen LogP contribution in [-0.2, 0) is 0 Å². The molecule has 1 aliphatic heterocycles. The predicted octanol–water partition coefficient (Wildman–Crippen LogP) is 4.99. The first-order valence-electron chi connectivity index (χ1n) is 8.69. The van der Waals surface area contributed by atoms with E-state index in [9.17, 15) is 0 Å². The van der Waals surface area contributed by atoms with E-state index in [4.69, 9.17) is 0 Å². The molecule has 0 N–H and O–H groups in total. The van der Waals surface area contributed by atoms with Gasteiger partial charge in [-0.2, -0.15) is 0 Å². The predicted molar refractivity (Wildman–Crippen MR) is 98.2 cm³/mol. The highest BCUT2D eigenvalue weighted by molar-refractivity contribution is 6.76. The average molecular weight is 310 g/mol. The molecule has 1 fully saturated rings. The second-order valence-electron chi connectivity index (χ2n) is 8.51. The van der Waals surface area contributed by atoms with E-state index in [1.54, 1.807) is 11.1 Å². The Morgan fingerprint density at radius 3 is 2.73 bits per heavy atom. The molecular weight excluding hydrogens is 282 g/mol. The van der Waals surface area contributed by atoms with Crippen LogP contribution in [0.15, 0.2) is 48.1 Å². The Hall–Kier alpha value is -1.28. The molecule has 2 heteroatoms. The van der Waals surface area contributed by atoms with Crippen molar-refractivity contribution in [3.05, 3.63) is 53.6 Å². The molecule has 0 radical (unpaired) electrons. The minimum Gasteiger partial charge on any atom is -0.367 e. The largest absolute Gasteiger partial charge is 0.367 e. The van der Waals surface area contributed by atoms with Crippen molar-refractivity contribution in [1.29, 1.82) is 0 Å². The molecule has 4 rings (SSSR count). The van der Waals surface area contributed by atoms with Gasteiger partial charge in [0, 0.05) is 17.8 Å². The summed E-state index contributed by atoms with van der Waals surface area (Å²) in [6.45, 7) is 9.97. The summed E-state index contributed by atoms with van der Waals surface area (Å²) in [5, 5.41) is 0. The minimum atomic E-state index is -1.15. The summed E-state index contributed by atoms with van der Waals surface area (Å²) in [7, 11) is -1.15. The average Bonchev–Trinajstić information content (AvgIpc) is 2.94. The Balaban J connectivity index is 1.83. The molecule has 0 saturated heterocycles. The lowest BCUT2D eigenvalue weighted by Gasteiger charge is -2.34. The van der Waals surface area contributed by atoms with Crippen molar-refractivity contribution < 1.29 is 0 Å². The van der Waals surface area contributed by atoms with E-state index >= 15 is 0 Å². The van der Waals surface area contributed by atoms with E-state index in [1.165, 1.54) is 18.3 Å². The number of anilines is 1. The van der Waals surface area contributed by atoms with Crippen LogP contribution in [0.2, 0.25) is 19.6 Å². The van der Waals surface area contributed by atoms with Crippen molar-refractivity contribution in [2.75, 3.05) is 11.1 Å². The molecule has 1 aromatic rings. The number of para-hydroxylation sites is 1. The van der Waals surface area contributed by atoms with Gasteiger partial charge in [-0.3, -0.25) is 0 Å². The second kappa shape index (κ2) is 4.86. The highest BCUT2D eigenvalue weighted by Crippen LogP contribution is 2.58. The van der Waals surface area contributed by atoms with Crippen molar-refractivity contribution in [3.63, 3.8) is 0 Å². The quantitative estimate of drug-likeness (QED) is 0.696. The zero-order valence-corrected chi connectivity index (χ0v) is 15.2. The van der Waals surface area contributed by atoms with Crippen molar-refractivity contribution in [2.45, 2.75) is 44.9 Å². The first-order chi connectivity index (χ1) is 10.5. The first-order valence-corrected chi connectivity index (χ1v) is 12.4. The maximum atomic E-state index is 2.77. The highest BCUT2D eigenvalue weighted by atomic mass is 28.3. The van der Waals surface area contributed by atoms with E-state index in [0.717, 1.165) is 11.8 Å². The topological polar surface area (TPSA) is 3.24 Å². The Morgan fingerprint density at radius 1 is 1.18 bits per heavy atom. The molecule has 22 heavy (non-hydrogen) atoms. The van der Waals surface area contributed by atoms with E-state index < -0.39 is 8.07 Å². The summed E-state index contributed by atoms with van der Waals surface area (Å²) in [6, 6.07) is 9.81. The van der Waals surface area contributed by atoms with Gasteiger partial charge >= 0.3 is 0 Å². The number of hydrogen-bond acceptors (Lipinski definition) is 1. The van der Waals surface area contributed by atoms with Gasteiger partial charge in [0.05, 0.1) is 14.1 Å². The van der Waals surface area contributed by atoms with E-state index in [2.05, 4.69) is 74.0 Å². The third-order valence-corrected chi connectivity index (χ3v) is 7.00. The van der Waals surface area contributed by atoms with Crippen LogP contribution in [0.5, 0.6) is 0 Å². The van der Waals surface area contributed by atoms with Crippen LogP contribution in [0.4, 0.5) is 5.69 Å². The lowest BCUT2D eigenvalue weighted by atomic mass is 9.84. The zero-order valence-electron chi connectivity index (χ0n) is 14.2. The van der Waals surface area contributed by atoms with Gasteiger partial charge in [0.25, 0.3) is 0 Å². The summed E-state index contributed by atoms with van der Waals surface area (Å²) in [6.07, 6.45) is 9.59. The van der Waals surface area contributed by atoms with E-state index in [1.807, 2.05) is 0 Å². The fraction of sp³-hybridized carbons (Fsp3) is 0.500. The van der Waals surface area contributed by atoms with Crippen molar-refractivity contribution in [2.24, 2.45) is 11.8 Å². The second-order valence-corrected chi connectivity index (χ2v) is 14.0. The molecular formula is C20H27NSi. The molecule has 4 unspecified atom stereocenters. The smallest absolute Gasteiger partial charge is 0.0665 e. The Morgan fingerprint density at radius 2 is 1.95 bits per heavy atom. The summed E-state index contributed by atoms with van der Waals surface area (Å²) < 4.78 is 0. The van der Waals surface area contributed by atoms with Crippen LogP contribution in [0.3, 0.4) is 0 Å². The normalized spacial score (nSPS) is 32.5. The summed E-state index contributed by atoms with van der Waals surface area (Å²) in [5.41, 5.74) is 4.82. The molecule has 3 aliphatic rings. The number of hydrogen-bond donors (Lipinski definition) is 0. The van der Waals surface area contributed by atoms with Gasteiger partial charge < -0.3 is 4.90 Å². The van der Waals surface area contributed by atoms with Crippen LogP contribution >= 0.6 is 0 Å². The van der Waals surface area contributed by atoms with Crippen LogP contribution < -0.4 is 4.90 Å². The van der Waals surface area contributed by atoms with Crippen LogP contribution in [-0.4, -0.2) is 20.3 Å². The maximum absolute atomic E-state index is 2.77. The monoisotopic (exact) mass is 309 g/mol. The zero-order chi connectivity index (χ0) is 15.5. The van der Waals surface area contributed by atoms with E-state index in [0.29, 0.717) is 12.0 Å². The summed E-state index contributed by atoms with van der Waals surface area (Å²) in [5.74, 6) is 2.22. The van der Waals surface area contributed by atoms with Gasteiger partial charge in [-0.1, -0.05) is 63.0 Å². The molecule has 0 amide bonds. The fourth-order valence-corrected chi connectivity index (χ4v) is 6.34. The maximum Gasteiger partial charge on any atom is 0.0665 e. The van der Waals surface area contributed by atoms with Gasteiger partial charge in [0.2, 0.25) is 0 Å². The van der Waals surface area contributed by atoms with Crippen molar-refractivity contribution >= 4 is 13.8 Å². The van der Waals surface area contributed by atoms with Gasteiger partial charge in [-0.05, 0) is 35.5 Å². The highest BCUT2D eigenvalue weighted by Gasteiger charge is 2.52. The summed E-state index contributed by atoms with van der Waals surface area (Å²) >= 11 is 0. The lowest BCUT2D eigenvalue weighted by molar-refractivity contribution is 0.418. The molecule has 0 aromatic heterocycles. The fourth-order valence-electron chi connectivity index (χ4n) is 4.95. The summed E-state index contributed by atoms with van der Waals surface area (Å²) in [4.78, 5) is 2.77. The molecule has 4 atom stereocenters. The number of fused-ring (bicyclic) bond motifs is 5. The molecule has 1 heterocycles. The molecule has 0 spiro atoms. The SMILES string of the molecule is CC1C2CC=CC=C2C2C1c1ccccc1N2C[Si](C)(C)C. The number of allylic oxidation sites excluding steroid dienone is 3. The van der Waals surface area contributed by atoms with Crippen molar-refractivity contribution in [1.82, 2.24) is 0 Å². The lowest BCUT2D eigenvalue weighted by Crippen LogP contribution is -2.45. The molecule has 1 aromatic carbocycles. The minimum absolute atomic E-state index is 0.620. The van der Waals surface area contributed by atoms with Crippen LogP contribution in [0, 0.1) is 11.8 Å². The number of nitrogens with zero attached hydrogens (tertiary/aromatic N) is 1. The molecule has 116 valence electrons. The van der Waals surface area contributed by atoms with Gasteiger partial charge in [0.15, 0.2) is 0 Å². The Labute approximate surface area is 135 Å². The van der Waals surface area contributed by atoms with E-state index in [-0.39, 0.29) is 0 Å². The van der Waals surface area contributed by atoms with Crippen LogP contribution in [0.25, 0.3) is 0 Å².